The smallest absolute Gasteiger partial charge is 0.317 e. The van der Waals surface area contributed by atoms with Gasteiger partial charge in [0.2, 0.25) is 0 Å². The molecule has 5 heteroatoms. The normalized spacial score (nSPS) is 26.4. The maximum atomic E-state index is 11.9. The Balaban J connectivity index is 2.60. The fraction of sp³-hybridized carbons (Fsp3) is 0.833. The number of amides is 2. The molecule has 17 heavy (non-hydrogen) atoms. The van der Waals surface area contributed by atoms with E-state index in [9.17, 15) is 9.59 Å². The number of nitrogens with one attached hydrogen (secondary N) is 1. The molecule has 0 radical (unpaired) electrons. The van der Waals surface area contributed by atoms with E-state index in [2.05, 4.69) is 5.32 Å². The number of rotatable bonds is 3. The van der Waals surface area contributed by atoms with Crippen LogP contribution >= 0.6 is 0 Å². The van der Waals surface area contributed by atoms with Crippen LogP contribution in [0.3, 0.4) is 0 Å². The summed E-state index contributed by atoms with van der Waals surface area (Å²) in [5.41, 5.74) is -0.801. The van der Waals surface area contributed by atoms with Crippen molar-refractivity contribution in [2.45, 2.75) is 46.1 Å². The third-order valence-electron chi connectivity index (χ3n) is 3.48. The quantitative estimate of drug-likeness (QED) is 0.791. The van der Waals surface area contributed by atoms with Crippen LogP contribution in [-0.2, 0) is 4.79 Å². The monoisotopic (exact) mass is 242 g/mol. The number of carbonyl (C=O) groups excluding carboxylic acids is 1. The standard InChI is InChI=1S/C12H22N2O3/c1-4-9(2)13-11(17)14-7-5-6-12(3,8-14)10(15)16/h9H,4-8H2,1-3H3,(H,13,17)(H,15,16). The second-order valence-electron chi connectivity index (χ2n) is 5.15. The number of carbonyl (C=O) groups is 2. The van der Waals surface area contributed by atoms with Gasteiger partial charge in [-0.05, 0) is 33.1 Å². The van der Waals surface area contributed by atoms with Crippen molar-refractivity contribution < 1.29 is 14.7 Å². The maximum absolute atomic E-state index is 11.9. The molecule has 2 unspecified atom stereocenters. The fourth-order valence-electron chi connectivity index (χ4n) is 1.99. The molecule has 98 valence electrons. The van der Waals surface area contributed by atoms with Crippen molar-refractivity contribution in [2.75, 3.05) is 13.1 Å². The van der Waals surface area contributed by atoms with E-state index in [4.69, 9.17) is 5.11 Å². The van der Waals surface area contributed by atoms with Gasteiger partial charge in [-0.2, -0.15) is 0 Å². The lowest BCUT2D eigenvalue weighted by Gasteiger charge is -2.37. The Hall–Kier alpha value is -1.26. The number of piperidine rings is 1. The molecule has 1 heterocycles. The summed E-state index contributed by atoms with van der Waals surface area (Å²) in [6.07, 6.45) is 2.25. The summed E-state index contributed by atoms with van der Waals surface area (Å²) in [5, 5.41) is 12.0. The number of hydrogen-bond donors (Lipinski definition) is 2. The summed E-state index contributed by atoms with van der Waals surface area (Å²) < 4.78 is 0. The Morgan fingerprint density at radius 3 is 2.71 bits per heavy atom. The Labute approximate surface area is 102 Å². The van der Waals surface area contributed by atoms with Gasteiger partial charge in [0, 0.05) is 19.1 Å². The maximum Gasteiger partial charge on any atom is 0.317 e. The molecule has 2 atom stereocenters. The number of hydrogen-bond acceptors (Lipinski definition) is 2. The molecule has 1 aliphatic heterocycles. The minimum atomic E-state index is -0.821. The third kappa shape index (κ3) is 3.35. The van der Waals surface area contributed by atoms with Gasteiger partial charge in [-0.15, -0.1) is 0 Å². The molecule has 0 saturated carbocycles. The predicted octanol–water partition coefficient (Wildman–Crippen LogP) is 1.68. The number of likely N-dealkylation sites (tertiary alicyclic amines) is 1. The topological polar surface area (TPSA) is 69.6 Å². The molecule has 0 bridgehead atoms. The van der Waals surface area contributed by atoms with E-state index in [1.54, 1.807) is 11.8 Å². The zero-order valence-electron chi connectivity index (χ0n) is 10.8. The van der Waals surface area contributed by atoms with E-state index < -0.39 is 11.4 Å². The van der Waals surface area contributed by atoms with Crippen molar-refractivity contribution in [1.82, 2.24) is 10.2 Å². The highest BCUT2D eigenvalue weighted by Gasteiger charge is 2.39. The van der Waals surface area contributed by atoms with Crippen LogP contribution in [-0.4, -0.2) is 41.1 Å². The second kappa shape index (κ2) is 5.38. The summed E-state index contributed by atoms with van der Waals surface area (Å²) in [7, 11) is 0. The molecule has 1 rings (SSSR count). The first kappa shape index (κ1) is 13.8. The lowest BCUT2D eigenvalue weighted by Crippen LogP contribution is -2.52. The van der Waals surface area contributed by atoms with Crippen LogP contribution in [0.4, 0.5) is 4.79 Å². The Morgan fingerprint density at radius 2 is 2.18 bits per heavy atom. The van der Waals surface area contributed by atoms with Gasteiger partial charge >= 0.3 is 12.0 Å². The van der Waals surface area contributed by atoms with E-state index in [1.165, 1.54) is 0 Å². The van der Waals surface area contributed by atoms with Gasteiger partial charge in [0.1, 0.15) is 0 Å². The number of aliphatic carboxylic acids is 1. The first-order valence-electron chi connectivity index (χ1n) is 6.18. The number of carboxylic acids is 1. The number of carboxylic acid groups (broad SMARTS) is 1. The van der Waals surface area contributed by atoms with Crippen molar-refractivity contribution in [1.29, 1.82) is 0 Å². The predicted molar refractivity (Wildman–Crippen MR) is 64.8 cm³/mol. The number of nitrogens with zero attached hydrogens (tertiary/aromatic N) is 1. The molecule has 1 aliphatic rings. The van der Waals surface area contributed by atoms with Crippen molar-refractivity contribution in [2.24, 2.45) is 5.41 Å². The highest BCUT2D eigenvalue weighted by molar-refractivity contribution is 5.78. The Bertz CT molecular complexity index is 306. The largest absolute Gasteiger partial charge is 0.481 e. The van der Waals surface area contributed by atoms with Gasteiger partial charge in [-0.25, -0.2) is 4.79 Å². The van der Waals surface area contributed by atoms with Crippen LogP contribution in [0.25, 0.3) is 0 Å². The molecule has 0 aromatic rings. The van der Waals surface area contributed by atoms with E-state index in [0.29, 0.717) is 19.5 Å². The van der Waals surface area contributed by atoms with Gasteiger partial charge in [0.15, 0.2) is 0 Å². The molecule has 5 nitrogen and oxygen atoms in total. The fourth-order valence-corrected chi connectivity index (χ4v) is 1.99. The minimum Gasteiger partial charge on any atom is -0.481 e. The van der Waals surface area contributed by atoms with Crippen molar-refractivity contribution in [3.8, 4) is 0 Å². The minimum absolute atomic E-state index is 0.125. The second-order valence-corrected chi connectivity index (χ2v) is 5.15. The summed E-state index contributed by atoms with van der Waals surface area (Å²) in [6, 6.07) is -0.0213. The van der Waals surface area contributed by atoms with E-state index >= 15 is 0 Å². The van der Waals surface area contributed by atoms with Crippen LogP contribution in [0.5, 0.6) is 0 Å². The Kier molecular flexibility index (Phi) is 4.37. The van der Waals surface area contributed by atoms with Crippen LogP contribution in [0.2, 0.25) is 0 Å². The van der Waals surface area contributed by atoms with Crippen LogP contribution in [0.1, 0.15) is 40.0 Å². The molecule has 1 fully saturated rings. The molecule has 0 aromatic carbocycles. The van der Waals surface area contributed by atoms with Gasteiger partial charge in [0.05, 0.1) is 5.41 Å². The molecule has 2 amide bonds. The van der Waals surface area contributed by atoms with E-state index in [-0.39, 0.29) is 12.1 Å². The SMILES string of the molecule is CCC(C)NC(=O)N1CCCC(C)(C(=O)O)C1. The van der Waals surface area contributed by atoms with Gasteiger partial charge < -0.3 is 15.3 Å². The van der Waals surface area contributed by atoms with E-state index in [0.717, 1.165) is 12.8 Å². The van der Waals surface area contributed by atoms with Gasteiger partial charge in [-0.3, -0.25) is 4.79 Å². The highest BCUT2D eigenvalue weighted by Crippen LogP contribution is 2.29. The summed E-state index contributed by atoms with van der Waals surface area (Å²) in [4.78, 5) is 24.7. The third-order valence-corrected chi connectivity index (χ3v) is 3.48. The van der Waals surface area contributed by atoms with Crippen molar-refractivity contribution in [3.05, 3.63) is 0 Å². The molecule has 2 N–H and O–H groups in total. The van der Waals surface area contributed by atoms with Crippen molar-refractivity contribution >= 4 is 12.0 Å². The molecule has 0 aliphatic carbocycles. The molecule has 1 saturated heterocycles. The van der Waals surface area contributed by atoms with Crippen LogP contribution < -0.4 is 5.32 Å². The molecular weight excluding hydrogens is 220 g/mol. The molecule has 0 aromatic heterocycles. The lowest BCUT2D eigenvalue weighted by molar-refractivity contribution is -0.150. The summed E-state index contributed by atoms with van der Waals surface area (Å²) >= 11 is 0. The Morgan fingerprint density at radius 1 is 1.53 bits per heavy atom. The molecular formula is C12H22N2O3. The van der Waals surface area contributed by atoms with E-state index in [1.807, 2.05) is 13.8 Å². The van der Waals surface area contributed by atoms with Crippen molar-refractivity contribution in [3.63, 3.8) is 0 Å². The molecule has 0 spiro atoms. The highest BCUT2D eigenvalue weighted by atomic mass is 16.4. The average molecular weight is 242 g/mol. The number of urea groups is 1. The summed E-state index contributed by atoms with van der Waals surface area (Å²) in [6.45, 7) is 6.59. The first-order chi connectivity index (χ1) is 7.89. The van der Waals surface area contributed by atoms with Crippen LogP contribution in [0.15, 0.2) is 0 Å². The lowest BCUT2D eigenvalue weighted by atomic mass is 9.82. The van der Waals surface area contributed by atoms with Gasteiger partial charge in [-0.1, -0.05) is 6.92 Å². The van der Waals surface area contributed by atoms with Gasteiger partial charge in [0.25, 0.3) is 0 Å². The zero-order valence-corrected chi connectivity index (χ0v) is 10.8. The average Bonchev–Trinajstić information content (AvgIpc) is 2.28. The zero-order chi connectivity index (χ0) is 13.1. The first-order valence-corrected chi connectivity index (χ1v) is 6.18. The summed E-state index contributed by atoms with van der Waals surface area (Å²) in [5.74, 6) is -0.821. The van der Waals surface area contributed by atoms with Crippen LogP contribution in [0, 0.1) is 5.41 Å².